The van der Waals surface area contributed by atoms with E-state index in [0.29, 0.717) is 19.6 Å². The van der Waals surface area contributed by atoms with E-state index in [0.717, 1.165) is 19.3 Å². The molecule has 1 heterocycles. The van der Waals surface area contributed by atoms with Gasteiger partial charge in [0.1, 0.15) is 0 Å². The van der Waals surface area contributed by atoms with Crippen molar-refractivity contribution in [3.05, 3.63) is 0 Å². The highest BCUT2D eigenvalue weighted by Gasteiger charge is 2.23. The van der Waals surface area contributed by atoms with Crippen LogP contribution in [0.3, 0.4) is 0 Å². The maximum absolute atomic E-state index is 10.7. The molecule has 1 fully saturated rings. The van der Waals surface area contributed by atoms with Gasteiger partial charge in [-0.05, 0) is 32.7 Å². The average molecular weight is 216 g/mol. The van der Waals surface area contributed by atoms with Gasteiger partial charge >= 0.3 is 6.09 Å². The van der Waals surface area contributed by atoms with Gasteiger partial charge in [0.15, 0.2) is 0 Å². The summed E-state index contributed by atoms with van der Waals surface area (Å²) in [6.45, 7) is 3.80. The smallest absolute Gasteiger partial charge is 0.407 e. The second-order valence-electron chi connectivity index (χ2n) is 3.99. The quantitative estimate of drug-likeness (QED) is 0.731. The number of carboxylic acid groups (broad SMARTS) is 1. The molecule has 5 nitrogen and oxygen atoms in total. The SMILES string of the molecule is C[C@@H](CCN)OC1CCN(C(=O)O)CC1. The van der Waals surface area contributed by atoms with Gasteiger partial charge in [-0.25, -0.2) is 4.79 Å². The van der Waals surface area contributed by atoms with Crippen LogP contribution in [0.25, 0.3) is 0 Å². The number of amides is 1. The maximum atomic E-state index is 10.7. The number of piperidine rings is 1. The molecule has 0 unspecified atom stereocenters. The van der Waals surface area contributed by atoms with Crippen molar-refractivity contribution in [2.45, 2.75) is 38.4 Å². The molecule has 0 bridgehead atoms. The molecule has 0 spiro atoms. The first-order chi connectivity index (χ1) is 7.13. The molecule has 5 heteroatoms. The van der Waals surface area contributed by atoms with Crippen molar-refractivity contribution in [1.29, 1.82) is 0 Å². The van der Waals surface area contributed by atoms with Crippen molar-refractivity contribution in [2.75, 3.05) is 19.6 Å². The first kappa shape index (κ1) is 12.3. The molecule has 0 saturated carbocycles. The summed E-state index contributed by atoms with van der Waals surface area (Å²) in [5.74, 6) is 0. The Morgan fingerprint density at radius 1 is 1.60 bits per heavy atom. The molecule has 88 valence electrons. The van der Waals surface area contributed by atoms with Gasteiger partial charge in [-0.3, -0.25) is 0 Å². The molecule has 0 aromatic heterocycles. The summed E-state index contributed by atoms with van der Waals surface area (Å²) in [6.07, 6.45) is 1.99. The Bertz CT molecular complexity index is 203. The van der Waals surface area contributed by atoms with E-state index in [9.17, 15) is 4.79 Å². The van der Waals surface area contributed by atoms with E-state index in [4.69, 9.17) is 15.6 Å². The number of rotatable bonds is 4. The molecule has 0 aliphatic carbocycles. The van der Waals surface area contributed by atoms with E-state index in [1.54, 1.807) is 0 Å². The van der Waals surface area contributed by atoms with Crippen LogP contribution in [0.1, 0.15) is 26.2 Å². The fourth-order valence-electron chi connectivity index (χ4n) is 1.81. The number of hydrogen-bond donors (Lipinski definition) is 2. The minimum Gasteiger partial charge on any atom is -0.465 e. The fourth-order valence-corrected chi connectivity index (χ4v) is 1.81. The minimum atomic E-state index is -0.830. The Balaban J connectivity index is 2.22. The van der Waals surface area contributed by atoms with Crippen LogP contribution < -0.4 is 5.73 Å². The lowest BCUT2D eigenvalue weighted by molar-refractivity contribution is -0.0335. The lowest BCUT2D eigenvalue weighted by Crippen LogP contribution is -2.41. The molecule has 1 atom stereocenters. The number of likely N-dealkylation sites (tertiary alicyclic amines) is 1. The number of nitrogens with two attached hydrogens (primary N) is 1. The molecule has 0 radical (unpaired) electrons. The molecule has 0 aromatic carbocycles. The highest BCUT2D eigenvalue weighted by molar-refractivity contribution is 5.64. The maximum Gasteiger partial charge on any atom is 0.407 e. The third kappa shape index (κ3) is 4.05. The number of hydrogen-bond acceptors (Lipinski definition) is 3. The topological polar surface area (TPSA) is 75.8 Å². The molecule has 1 aliphatic heterocycles. The van der Waals surface area contributed by atoms with Crippen LogP contribution in [0.2, 0.25) is 0 Å². The molecule has 1 aliphatic rings. The lowest BCUT2D eigenvalue weighted by atomic mass is 10.1. The second-order valence-corrected chi connectivity index (χ2v) is 3.99. The van der Waals surface area contributed by atoms with Gasteiger partial charge in [-0.1, -0.05) is 0 Å². The molecule has 1 amide bonds. The second kappa shape index (κ2) is 5.92. The monoisotopic (exact) mass is 216 g/mol. The van der Waals surface area contributed by atoms with Gasteiger partial charge in [0.25, 0.3) is 0 Å². The van der Waals surface area contributed by atoms with Gasteiger partial charge in [-0.2, -0.15) is 0 Å². The van der Waals surface area contributed by atoms with E-state index in [2.05, 4.69) is 0 Å². The summed E-state index contributed by atoms with van der Waals surface area (Å²) in [5, 5.41) is 8.76. The summed E-state index contributed by atoms with van der Waals surface area (Å²) in [7, 11) is 0. The van der Waals surface area contributed by atoms with E-state index in [-0.39, 0.29) is 12.2 Å². The number of nitrogens with zero attached hydrogens (tertiary/aromatic N) is 1. The first-order valence-corrected chi connectivity index (χ1v) is 5.47. The zero-order chi connectivity index (χ0) is 11.3. The van der Waals surface area contributed by atoms with Crippen LogP contribution in [0.5, 0.6) is 0 Å². The van der Waals surface area contributed by atoms with Crippen LogP contribution in [-0.4, -0.2) is 47.9 Å². The van der Waals surface area contributed by atoms with E-state index >= 15 is 0 Å². The highest BCUT2D eigenvalue weighted by atomic mass is 16.5. The molecule has 15 heavy (non-hydrogen) atoms. The highest BCUT2D eigenvalue weighted by Crippen LogP contribution is 2.16. The Hall–Kier alpha value is -0.810. The van der Waals surface area contributed by atoms with Crippen LogP contribution in [-0.2, 0) is 4.74 Å². The normalized spacial score (nSPS) is 20.3. The summed E-state index contributed by atoms with van der Waals surface area (Å²) < 4.78 is 5.76. The van der Waals surface area contributed by atoms with Crippen molar-refractivity contribution in [3.8, 4) is 0 Å². The first-order valence-electron chi connectivity index (χ1n) is 5.47. The lowest BCUT2D eigenvalue weighted by Gasteiger charge is -2.31. The van der Waals surface area contributed by atoms with E-state index < -0.39 is 6.09 Å². The summed E-state index contributed by atoms with van der Waals surface area (Å²) in [4.78, 5) is 12.1. The minimum absolute atomic E-state index is 0.177. The summed E-state index contributed by atoms with van der Waals surface area (Å²) >= 11 is 0. The fraction of sp³-hybridized carbons (Fsp3) is 0.900. The van der Waals surface area contributed by atoms with Crippen LogP contribution >= 0.6 is 0 Å². The van der Waals surface area contributed by atoms with Crippen molar-refractivity contribution in [3.63, 3.8) is 0 Å². The van der Waals surface area contributed by atoms with Crippen molar-refractivity contribution in [2.24, 2.45) is 5.73 Å². The van der Waals surface area contributed by atoms with Crippen LogP contribution in [0.15, 0.2) is 0 Å². The number of ether oxygens (including phenoxy) is 1. The van der Waals surface area contributed by atoms with E-state index in [1.165, 1.54) is 4.90 Å². The molecular weight excluding hydrogens is 196 g/mol. The molecule has 1 rings (SSSR count). The molecule has 0 aromatic rings. The Morgan fingerprint density at radius 2 is 2.20 bits per heavy atom. The number of carbonyl (C=O) groups is 1. The van der Waals surface area contributed by atoms with Crippen LogP contribution in [0, 0.1) is 0 Å². The summed E-state index contributed by atoms with van der Waals surface area (Å²) in [5.41, 5.74) is 5.43. The van der Waals surface area contributed by atoms with Gasteiger partial charge in [-0.15, -0.1) is 0 Å². The molecule has 3 N–H and O–H groups in total. The van der Waals surface area contributed by atoms with Crippen molar-refractivity contribution in [1.82, 2.24) is 4.90 Å². The largest absolute Gasteiger partial charge is 0.465 e. The predicted molar refractivity (Wildman–Crippen MR) is 56.8 cm³/mol. The van der Waals surface area contributed by atoms with Crippen molar-refractivity contribution >= 4 is 6.09 Å². The zero-order valence-corrected chi connectivity index (χ0v) is 9.19. The van der Waals surface area contributed by atoms with Crippen molar-refractivity contribution < 1.29 is 14.6 Å². The third-order valence-corrected chi connectivity index (χ3v) is 2.71. The average Bonchev–Trinajstić information content (AvgIpc) is 2.18. The predicted octanol–water partition coefficient (Wildman–Crippen LogP) is 0.883. The van der Waals surface area contributed by atoms with Crippen LogP contribution in [0.4, 0.5) is 4.79 Å². The van der Waals surface area contributed by atoms with Gasteiger partial charge in [0, 0.05) is 13.1 Å². The summed E-state index contributed by atoms with van der Waals surface area (Å²) in [6, 6.07) is 0. The van der Waals surface area contributed by atoms with E-state index in [1.807, 2.05) is 6.92 Å². The Kier molecular flexibility index (Phi) is 4.84. The Morgan fingerprint density at radius 3 is 2.67 bits per heavy atom. The molecular formula is C10H20N2O3. The molecule has 1 saturated heterocycles. The Labute approximate surface area is 90.2 Å². The van der Waals surface area contributed by atoms with Gasteiger partial charge in [0.2, 0.25) is 0 Å². The standard InChI is InChI=1S/C10H20N2O3/c1-8(2-5-11)15-9-3-6-12(7-4-9)10(13)14/h8-9H,2-7,11H2,1H3,(H,13,14)/t8-/m0/s1. The van der Waals surface area contributed by atoms with Gasteiger partial charge in [0.05, 0.1) is 12.2 Å². The van der Waals surface area contributed by atoms with Gasteiger partial charge < -0.3 is 20.5 Å². The zero-order valence-electron chi connectivity index (χ0n) is 9.19. The third-order valence-electron chi connectivity index (χ3n) is 2.71.